The van der Waals surface area contributed by atoms with Crippen LogP contribution in [0.4, 0.5) is 14.5 Å². The number of halogens is 2. The second-order valence-corrected chi connectivity index (χ2v) is 12.7. The van der Waals surface area contributed by atoms with Gasteiger partial charge in [-0.15, -0.1) is 0 Å². The highest BCUT2D eigenvalue weighted by Crippen LogP contribution is 2.34. The van der Waals surface area contributed by atoms with Crippen molar-refractivity contribution in [2.75, 3.05) is 51.8 Å². The van der Waals surface area contributed by atoms with Crippen molar-refractivity contribution in [3.8, 4) is 16.9 Å². The first-order valence-electron chi connectivity index (χ1n) is 15.0. The van der Waals surface area contributed by atoms with Crippen LogP contribution in [0.2, 0.25) is 0 Å². The van der Waals surface area contributed by atoms with E-state index in [0.29, 0.717) is 31.6 Å². The molecule has 0 saturated carbocycles. The number of methoxy groups -OCH3 is 1. The Kier molecular flexibility index (Phi) is 11.4. The van der Waals surface area contributed by atoms with Gasteiger partial charge >= 0.3 is 5.97 Å². The normalized spacial score (nSPS) is 16.1. The van der Waals surface area contributed by atoms with Crippen molar-refractivity contribution in [3.05, 3.63) is 87.8 Å². The third-order valence-electron chi connectivity index (χ3n) is 7.77. The summed E-state index contributed by atoms with van der Waals surface area (Å²) in [6, 6.07) is 13.6. The van der Waals surface area contributed by atoms with E-state index in [2.05, 4.69) is 10.2 Å². The van der Waals surface area contributed by atoms with Crippen LogP contribution in [0, 0.1) is 11.6 Å². The second-order valence-electron chi connectivity index (χ2n) is 11.0. The topological polar surface area (TPSA) is 108 Å². The number of thioether (sulfide) groups is 1. The SMILES string of the molecule is COc1cc(C(=O)O)ccc1NC(=O)CCN1C(=O)C(=Cc2cc(CCCN3CCOCC3)cc(-c3ccc(F)c(F)c3)c2)SC1=S. The lowest BCUT2D eigenvalue weighted by atomic mass is 9.97. The number of benzene rings is 3. The average Bonchev–Trinajstić information content (AvgIpc) is 3.32. The van der Waals surface area contributed by atoms with Gasteiger partial charge in [0.2, 0.25) is 5.91 Å². The van der Waals surface area contributed by atoms with Crippen molar-refractivity contribution in [1.29, 1.82) is 0 Å². The molecule has 9 nitrogen and oxygen atoms in total. The van der Waals surface area contributed by atoms with E-state index in [4.69, 9.17) is 21.7 Å². The number of aromatic carboxylic acids is 1. The monoisotopic (exact) mass is 681 g/mol. The van der Waals surface area contributed by atoms with Crippen LogP contribution in [0.15, 0.2) is 59.5 Å². The number of nitrogens with zero attached hydrogens (tertiary/aromatic N) is 2. The summed E-state index contributed by atoms with van der Waals surface area (Å²) < 4.78 is 38.8. The second kappa shape index (κ2) is 15.6. The van der Waals surface area contributed by atoms with Gasteiger partial charge in [0.15, 0.2) is 11.6 Å². The quantitative estimate of drug-likeness (QED) is 0.180. The number of nitrogens with one attached hydrogen (secondary N) is 1. The predicted molar refractivity (Wildman–Crippen MR) is 180 cm³/mol. The summed E-state index contributed by atoms with van der Waals surface area (Å²) in [6.07, 6.45) is 3.29. The highest BCUT2D eigenvalue weighted by atomic mass is 32.2. The third-order valence-corrected chi connectivity index (χ3v) is 9.15. The van der Waals surface area contributed by atoms with Crippen LogP contribution in [0.1, 0.15) is 34.3 Å². The number of anilines is 1. The van der Waals surface area contributed by atoms with E-state index >= 15 is 0 Å². The summed E-state index contributed by atoms with van der Waals surface area (Å²) in [4.78, 5) is 41.5. The maximum Gasteiger partial charge on any atom is 0.335 e. The molecule has 0 aromatic heterocycles. The Balaban J connectivity index is 1.29. The van der Waals surface area contributed by atoms with E-state index in [-0.39, 0.29) is 30.2 Å². The van der Waals surface area contributed by atoms with E-state index in [1.54, 1.807) is 6.08 Å². The fraction of sp³-hybridized carbons (Fsp3) is 0.294. The molecule has 0 radical (unpaired) electrons. The molecular formula is C34H33F2N3O6S2. The Morgan fingerprint density at radius 3 is 2.55 bits per heavy atom. The van der Waals surface area contributed by atoms with Gasteiger partial charge in [0.25, 0.3) is 5.91 Å². The van der Waals surface area contributed by atoms with Crippen LogP contribution in [-0.4, -0.2) is 83.5 Å². The first-order chi connectivity index (χ1) is 22.6. The Morgan fingerprint density at radius 2 is 1.83 bits per heavy atom. The number of carbonyl (C=O) groups is 3. The summed E-state index contributed by atoms with van der Waals surface area (Å²) in [6.45, 7) is 4.15. The van der Waals surface area contributed by atoms with Crippen molar-refractivity contribution >= 4 is 57.8 Å². The molecular weight excluding hydrogens is 649 g/mol. The molecule has 2 heterocycles. The lowest BCUT2D eigenvalue weighted by Gasteiger charge is -2.26. The summed E-state index contributed by atoms with van der Waals surface area (Å²) >= 11 is 6.60. The van der Waals surface area contributed by atoms with Crippen molar-refractivity contribution in [2.45, 2.75) is 19.3 Å². The summed E-state index contributed by atoms with van der Waals surface area (Å²) in [5.74, 6) is -3.56. The van der Waals surface area contributed by atoms with Crippen molar-refractivity contribution in [1.82, 2.24) is 9.80 Å². The molecule has 13 heteroatoms. The lowest BCUT2D eigenvalue weighted by Crippen LogP contribution is -2.36. The van der Waals surface area contributed by atoms with E-state index in [9.17, 15) is 28.3 Å². The molecule has 246 valence electrons. The molecule has 3 aromatic rings. The van der Waals surface area contributed by atoms with Gasteiger partial charge < -0.3 is 19.9 Å². The number of carboxylic acids is 1. The molecule has 0 atom stereocenters. The number of ether oxygens (including phenoxy) is 2. The van der Waals surface area contributed by atoms with Gasteiger partial charge in [-0.3, -0.25) is 19.4 Å². The zero-order valence-corrected chi connectivity index (χ0v) is 27.2. The third kappa shape index (κ3) is 8.80. The molecule has 2 saturated heterocycles. The smallest absolute Gasteiger partial charge is 0.335 e. The van der Waals surface area contributed by atoms with Gasteiger partial charge in [0.1, 0.15) is 10.1 Å². The average molecular weight is 682 g/mol. The van der Waals surface area contributed by atoms with Crippen molar-refractivity contribution in [2.24, 2.45) is 0 Å². The molecule has 0 unspecified atom stereocenters. The van der Waals surface area contributed by atoms with Crippen molar-refractivity contribution < 1.29 is 37.7 Å². The minimum Gasteiger partial charge on any atom is -0.495 e. The fourth-order valence-corrected chi connectivity index (χ4v) is 6.63. The molecule has 0 aliphatic carbocycles. The first-order valence-corrected chi connectivity index (χ1v) is 16.2. The molecule has 3 aromatic carbocycles. The van der Waals surface area contributed by atoms with Gasteiger partial charge in [0.05, 0.1) is 36.5 Å². The van der Waals surface area contributed by atoms with Crippen LogP contribution in [0.25, 0.3) is 17.2 Å². The molecule has 2 aliphatic rings. The van der Waals surface area contributed by atoms with Crippen LogP contribution in [-0.2, 0) is 20.7 Å². The number of carboxylic acid groups (broad SMARTS) is 1. The molecule has 2 amide bonds. The van der Waals surface area contributed by atoms with Gasteiger partial charge in [-0.05, 0) is 84.1 Å². The summed E-state index contributed by atoms with van der Waals surface area (Å²) in [5.41, 5.74) is 3.22. The van der Waals surface area contributed by atoms with Gasteiger partial charge in [-0.2, -0.15) is 0 Å². The number of hydrogen-bond acceptors (Lipinski definition) is 8. The predicted octanol–water partition coefficient (Wildman–Crippen LogP) is 5.83. The minimum atomic E-state index is -1.13. The standard InChI is InChI=1S/C34H33F2N3O6S2/c1-44-29-20-24(33(42)43)5-7-28(29)37-31(40)8-10-39-32(41)30(47-34(39)46)18-22-15-21(3-2-9-38-11-13-45-14-12-38)16-25(17-22)23-4-6-26(35)27(36)19-23/h4-7,15-20H,2-3,8-14H2,1H3,(H,37,40)(H,42,43). The van der Waals surface area contributed by atoms with Gasteiger partial charge in [-0.1, -0.05) is 42.2 Å². The van der Waals surface area contributed by atoms with E-state index in [0.717, 1.165) is 75.1 Å². The number of hydrogen-bond donors (Lipinski definition) is 2. The van der Waals surface area contributed by atoms with E-state index in [1.165, 1.54) is 36.3 Å². The molecule has 2 aliphatic heterocycles. The van der Waals surface area contributed by atoms with Crippen LogP contribution in [0.5, 0.6) is 5.75 Å². The van der Waals surface area contributed by atoms with Crippen LogP contribution >= 0.6 is 24.0 Å². The molecule has 5 rings (SSSR count). The van der Waals surface area contributed by atoms with Crippen molar-refractivity contribution in [3.63, 3.8) is 0 Å². The number of thiocarbonyl (C=S) groups is 1. The molecule has 0 spiro atoms. The molecule has 0 bridgehead atoms. The highest BCUT2D eigenvalue weighted by molar-refractivity contribution is 8.26. The van der Waals surface area contributed by atoms with Crippen LogP contribution in [0.3, 0.4) is 0 Å². The number of rotatable bonds is 12. The van der Waals surface area contributed by atoms with Gasteiger partial charge in [0, 0.05) is 26.1 Å². The zero-order valence-electron chi connectivity index (χ0n) is 25.6. The lowest BCUT2D eigenvalue weighted by molar-refractivity contribution is -0.122. The summed E-state index contributed by atoms with van der Waals surface area (Å²) in [7, 11) is 1.37. The van der Waals surface area contributed by atoms with E-state index in [1.807, 2.05) is 18.2 Å². The summed E-state index contributed by atoms with van der Waals surface area (Å²) in [5, 5.41) is 11.9. The molecule has 2 N–H and O–H groups in total. The van der Waals surface area contributed by atoms with Crippen LogP contribution < -0.4 is 10.1 Å². The largest absolute Gasteiger partial charge is 0.495 e. The molecule has 47 heavy (non-hydrogen) atoms. The Bertz CT molecular complexity index is 1730. The number of amides is 2. The molecule has 2 fully saturated rings. The number of morpholine rings is 1. The van der Waals surface area contributed by atoms with Gasteiger partial charge in [-0.25, -0.2) is 13.6 Å². The van der Waals surface area contributed by atoms with E-state index < -0.39 is 23.5 Å². The Morgan fingerprint density at radius 1 is 1.04 bits per heavy atom. The zero-order chi connectivity index (χ0) is 33.5. The fourth-order valence-electron chi connectivity index (χ4n) is 5.32. The highest BCUT2D eigenvalue weighted by Gasteiger charge is 2.32. The Labute approximate surface area is 280 Å². The number of aryl methyl sites for hydroxylation is 1. The Hall–Kier alpha value is -4.17. The minimum absolute atomic E-state index is 0.0136. The maximum atomic E-state index is 14.1. The number of carbonyl (C=O) groups excluding carboxylic acids is 2. The first kappa shape index (κ1) is 34.2. The maximum absolute atomic E-state index is 14.1.